The SMILES string of the molecule is CCCCOCCCn1cc(OC(=O)CCCC)c2c1nc(CCCC)n1c3ccccc3nc21. The van der Waals surface area contributed by atoms with Gasteiger partial charge < -0.3 is 14.0 Å². The Labute approximate surface area is 207 Å². The number of benzene rings is 1. The van der Waals surface area contributed by atoms with Crippen LogP contribution in [-0.2, 0) is 22.5 Å². The number of esters is 1. The molecule has 1 aromatic carbocycles. The van der Waals surface area contributed by atoms with E-state index in [0.717, 1.165) is 98.1 Å². The Balaban J connectivity index is 1.79. The van der Waals surface area contributed by atoms with Gasteiger partial charge in [-0.25, -0.2) is 9.97 Å². The normalized spacial score (nSPS) is 11.7. The number of hydrogen-bond donors (Lipinski definition) is 0. The Morgan fingerprint density at radius 2 is 1.69 bits per heavy atom. The van der Waals surface area contributed by atoms with Crippen LogP contribution in [0.15, 0.2) is 30.5 Å². The molecule has 188 valence electrons. The molecule has 7 heteroatoms. The third kappa shape index (κ3) is 5.67. The zero-order valence-corrected chi connectivity index (χ0v) is 21.4. The summed E-state index contributed by atoms with van der Waals surface area (Å²) in [4.78, 5) is 22.7. The Kier molecular flexibility index (Phi) is 8.74. The zero-order chi connectivity index (χ0) is 24.6. The third-order valence-electron chi connectivity index (χ3n) is 6.33. The van der Waals surface area contributed by atoms with Crippen LogP contribution in [0.4, 0.5) is 0 Å². The summed E-state index contributed by atoms with van der Waals surface area (Å²) in [7, 11) is 0. The molecule has 0 aliphatic carbocycles. The minimum Gasteiger partial charge on any atom is -0.424 e. The summed E-state index contributed by atoms with van der Waals surface area (Å²) in [5, 5.41) is 0.804. The molecule has 0 radical (unpaired) electrons. The van der Waals surface area contributed by atoms with Crippen LogP contribution in [0.25, 0.3) is 27.7 Å². The number of aryl methyl sites for hydroxylation is 2. The fraction of sp³-hybridized carbons (Fsp3) is 0.536. The Hall–Kier alpha value is -2.93. The molecule has 0 amide bonds. The van der Waals surface area contributed by atoms with Crippen molar-refractivity contribution < 1.29 is 14.3 Å². The second kappa shape index (κ2) is 12.2. The second-order valence-electron chi connectivity index (χ2n) is 9.17. The van der Waals surface area contributed by atoms with Gasteiger partial charge in [0.05, 0.1) is 11.0 Å². The smallest absolute Gasteiger partial charge is 0.311 e. The number of carbonyl (C=O) groups excluding carboxylic acids is 1. The Morgan fingerprint density at radius 1 is 0.914 bits per heavy atom. The first-order chi connectivity index (χ1) is 17.2. The van der Waals surface area contributed by atoms with E-state index in [1.165, 1.54) is 0 Å². The van der Waals surface area contributed by atoms with E-state index in [1.807, 2.05) is 24.4 Å². The van der Waals surface area contributed by atoms with Crippen LogP contribution in [0.1, 0.15) is 78.0 Å². The molecule has 0 bridgehead atoms. The first-order valence-corrected chi connectivity index (χ1v) is 13.2. The van der Waals surface area contributed by atoms with E-state index >= 15 is 0 Å². The molecule has 0 atom stereocenters. The van der Waals surface area contributed by atoms with Crippen LogP contribution in [0.2, 0.25) is 0 Å². The quantitative estimate of drug-likeness (QED) is 0.153. The van der Waals surface area contributed by atoms with Gasteiger partial charge in [0.2, 0.25) is 0 Å². The highest BCUT2D eigenvalue weighted by Crippen LogP contribution is 2.34. The van der Waals surface area contributed by atoms with Gasteiger partial charge >= 0.3 is 5.97 Å². The van der Waals surface area contributed by atoms with Crippen molar-refractivity contribution in [1.82, 2.24) is 18.9 Å². The molecule has 3 aromatic heterocycles. The number of aromatic nitrogens is 4. The fourth-order valence-corrected chi connectivity index (χ4v) is 4.41. The molecule has 0 N–H and O–H groups in total. The lowest BCUT2D eigenvalue weighted by atomic mass is 10.2. The zero-order valence-electron chi connectivity index (χ0n) is 21.4. The van der Waals surface area contributed by atoms with Gasteiger partial charge in [-0.3, -0.25) is 9.20 Å². The first kappa shape index (κ1) is 25.2. The van der Waals surface area contributed by atoms with Gasteiger partial charge in [0.1, 0.15) is 16.9 Å². The average Bonchev–Trinajstić information content (AvgIpc) is 3.41. The lowest BCUT2D eigenvalue weighted by Crippen LogP contribution is -2.07. The van der Waals surface area contributed by atoms with Crippen LogP contribution < -0.4 is 4.74 Å². The van der Waals surface area contributed by atoms with E-state index in [4.69, 9.17) is 19.4 Å². The van der Waals surface area contributed by atoms with Crippen LogP contribution in [0.5, 0.6) is 5.75 Å². The minimum atomic E-state index is -0.210. The number of ether oxygens (including phenoxy) is 2. The summed E-state index contributed by atoms with van der Waals surface area (Å²) in [6, 6.07) is 8.13. The molecular weight excluding hydrogens is 440 g/mol. The highest BCUT2D eigenvalue weighted by atomic mass is 16.5. The van der Waals surface area contributed by atoms with Crippen LogP contribution in [-0.4, -0.2) is 38.1 Å². The monoisotopic (exact) mass is 478 g/mol. The second-order valence-corrected chi connectivity index (χ2v) is 9.17. The van der Waals surface area contributed by atoms with Gasteiger partial charge in [0, 0.05) is 38.8 Å². The van der Waals surface area contributed by atoms with Crippen molar-refractivity contribution in [3.8, 4) is 5.75 Å². The van der Waals surface area contributed by atoms with Gasteiger partial charge in [0.15, 0.2) is 11.4 Å². The number of nitrogens with zero attached hydrogens (tertiary/aromatic N) is 4. The number of para-hydroxylation sites is 2. The molecule has 35 heavy (non-hydrogen) atoms. The molecule has 0 unspecified atom stereocenters. The summed E-state index contributed by atoms with van der Waals surface area (Å²) < 4.78 is 15.9. The maximum Gasteiger partial charge on any atom is 0.311 e. The van der Waals surface area contributed by atoms with Crippen molar-refractivity contribution in [3.63, 3.8) is 0 Å². The maximum atomic E-state index is 12.6. The molecule has 7 nitrogen and oxygen atoms in total. The highest BCUT2D eigenvalue weighted by molar-refractivity contribution is 6.00. The molecule has 0 saturated heterocycles. The summed E-state index contributed by atoms with van der Waals surface area (Å²) in [5.74, 6) is 1.33. The lowest BCUT2D eigenvalue weighted by molar-refractivity contribution is -0.134. The van der Waals surface area contributed by atoms with Gasteiger partial charge in [-0.05, 0) is 37.8 Å². The van der Waals surface area contributed by atoms with E-state index in [9.17, 15) is 4.79 Å². The number of fused-ring (bicyclic) bond motifs is 5. The van der Waals surface area contributed by atoms with Crippen molar-refractivity contribution >= 4 is 33.7 Å². The van der Waals surface area contributed by atoms with Crippen LogP contribution in [0.3, 0.4) is 0 Å². The fourth-order valence-electron chi connectivity index (χ4n) is 4.41. The van der Waals surface area contributed by atoms with Gasteiger partial charge in [-0.1, -0.05) is 52.2 Å². The van der Waals surface area contributed by atoms with Gasteiger partial charge in [0.25, 0.3) is 0 Å². The number of imidazole rings is 1. The van der Waals surface area contributed by atoms with E-state index < -0.39 is 0 Å². The molecule has 0 spiro atoms. The van der Waals surface area contributed by atoms with Crippen molar-refractivity contribution in [1.29, 1.82) is 0 Å². The maximum absolute atomic E-state index is 12.6. The predicted octanol–water partition coefficient (Wildman–Crippen LogP) is 6.48. The van der Waals surface area contributed by atoms with Gasteiger partial charge in [-0.15, -0.1) is 0 Å². The number of hydrogen-bond acceptors (Lipinski definition) is 5. The minimum absolute atomic E-state index is 0.210. The molecule has 4 rings (SSSR count). The summed E-state index contributed by atoms with van der Waals surface area (Å²) in [6.45, 7) is 8.67. The Morgan fingerprint density at radius 3 is 2.49 bits per heavy atom. The summed E-state index contributed by atoms with van der Waals surface area (Å²) in [5.41, 5.74) is 3.58. The van der Waals surface area contributed by atoms with Crippen LogP contribution in [0, 0.1) is 0 Å². The predicted molar refractivity (Wildman–Crippen MR) is 140 cm³/mol. The van der Waals surface area contributed by atoms with Crippen molar-refractivity contribution in [3.05, 3.63) is 36.3 Å². The summed E-state index contributed by atoms with van der Waals surface area (Å²) in [6.07, 6.45) is 10.2. The molecule has 0 saturated carbocycles. The first-order valence-electron chi connectivity index (χ1n) is 13.2. The molecule has 0 aliphatic rings. The average molecular weight is 479 g/mol. The standard InChI is InChI=1S/C28H38N4O3/c1-4-7-15-24-30-27-26(28-29-21-13-10-11-14-22(21)32(24)28)23(35-25(33)16-8-5-2)20-31(27)17-12-19-34-18-9-6-3/h10-11,13-14,20H,4-9,12,15-19H2,1-3H3. The Bertz CT molecular complexity index is 1270. The third-order valence-corrected chi connectivity index (χ3v) is 6.33. The lowest BCUT2D eigenvalue weighted by Gasteiger charge is -2.10. The topological polar surface area (TPSA) is 70.7 Å². The number of carbonyl (C=O) groups is 1. The van der Waals surface area contributed by atoms with E-state index in [-0.39, 0.29) is 5.97 Å². The van der Waals surface area contributed by atoms with Crippen molar-refractivity contribution in [2.45, 2.75) is 85.1 Å². The summed E-state index contributed by atoms with van der Waals surface area (Å²) >= 11 is 0. The van der Waals surface area contributed by atoms with Crippen molar-refractivity contribution in [2.24, 2.45) is 0 Å². The van der Waals surface area contributed by atoms with Crippen molar-refractivity contribution in [2.75, 3.05) is 13.2 Å². The molecule has 0 aliphatic heterocycles. The van der Waals surface area contributed by atoms with Gasteiger partial charge in [-0.2, -0.15) is 0 Å². The number of unbranched alkanes of at least 4 members (excludes halogenated alkanes) is 3. The van der Waals surface area contributed by atoms with Crippen LogP contribution >= 0.6 is 0 Å². The highest BCUT2D eigenvalue weighted by Gasteiger charge is 2.22. The van der Waals surface area contributed by atoms with E-state index in [1.54, 1.807) is 0 Å². The molecule has 3 heterocycles. The molecular formula is C28H38N4O3. The number of rotatable bonds is 14. The molecule has 0 fully saturated rings. The van der Waals surface area contributed by atoms with E-state index in [2.05, 4.69) is 35.8 Å². The van der Waals surface area contributed by atoms with E-state index in [0.29, 0.717) is 18.8 Å². The molecule has 4 aromatic rings. The largest absolute Gasteiger partial charge is 0.424 e.